The Balaban J connectivity index is 1.12. The third-order valence-electron chi connectivity index (χ3n) is 11.2. The van der Waals surface area contributed by atoms with Crippen LogP contribution in [-0.4, -0.2) is 29.3 Å². The van der Waals surface area contributed by atoms with Gasteiger partial charge in [-0.15, -0.1) is 0 Å². The topological polar surface area (TPSA) is 62.6 Å². The fourth-order valence-electron chi connectivity index (χ4n) is 7.96. The van der Waals surface area contributed by atoms with Crippen molar-refractivity contribution in [1.82, 2.24) is 10.2 Å². The minimum absolute atomic E-state index is 0.0160. The third-order valence-corrected chi connectivity index (χ3v) is 11.2. The first-order valence-electron chi connectivity index (χ1n) is 18.0. The zero-order valence-corrected chi connectivity index (χ0v) is 30.0. The van der Waals surface area contributed by atoms with Crippen molar-refractivity contribution in [2.45, 2.75) is 89.6 Å². The number of benzene rings is 4. The Bertz CT molecular complexity index is 1970. The number of amides is 2. The van der Waals surface area contributed by atoms with E-state index in [4.69, 9.17) is 4.42 Å². The lowest BCUT2D eigenvalue weighted by Gasteiger charge is -2.42. The normalized spacial score (nSPS) is 17.6. The van der Waals surface area contributed by atoms with Crippen LogP contribution in [0.2, 0.25) is 0 Å². The summed E-state index contributed by atoms with van der Waals surface area (Å²) < 4.78 is 6.30. The van der Waals surface area contributed by atoms with Crippen molar-refractivity contribution in [2.24, 2.45) is 0 Å². The third kappa shape index (κ3) is 6.66. The summed E-state index contributed by atoms with van der Waals surface area (Å²) in [6.45, 7) is 12.3. The van der Waals surface area contributed by atoms with Gasteiger partial charge in [0.2, 0.25) is 5.91 Å². The van der Waals surface area contributed by atoms with Gasteiger partial charge in [0.05, 0.1) is 0 Å². The maximum atomic E-state index is 14.2. The number of carbonyl (C=O) groups excluding carboxylic acids is 2. The summed E-state index contributed by atoms with van der Waals surface area (Å²) in [5, 5.41) is 3.23. The monoisotopic (exact) mass is 664 g/mol. The van der Waals surface area contributed by atoms with Crippen LogP contribution in [-0.2, 0) is 35.0 Å². The molecule has 0 saturated carbocycles. The first kappa shape index (κ1) is 33.6. The molecule has 2 amide bonds. The molecule has 0 radical (unpaired) electrons. The molecule has 50 heavy (non-hydrogen) atoms. The number of fused-ring (bicyclic) bond motifs is 2. The van der Waals surface area contributed by atoms with Crippen LogP contribution in [0.1, 0.15) is 107 Å². The second kappa shape index (κ2) is 13.4. The van der Waals surface area contributed by atoms with Crippen molar-refractivity contribution in [1.29, 1.82) is 0 Å². The molecule has 256 valence electrons. The summed E-state index contributed by atoms with van der Waals surface area (Å²) >= 11 is 0. The fourth-order valence-corrected chi connectivity index (χ4v) is 7.96. The van der Waals surface area contributed by atoms with Gasteiger partial charge in [-0.25, -0.2) is 0 Å². The van der Waals surface area contributed by atoms with Crippen molar-refractivity contribution < 1.29 is 14.0 Å². The average Bonchev–Trinajstić information content (AvgIpc) is 3.59. The van der Waals surface area contributed by atoms with E-state index in [0.717, 1.165) is 34.4 Å². The highest BCUT2D eigenvalue weighted by atomic mass is 16.4. The van der Waals surface area contributed by atoms with Crippen molar-refractivity contribution in [2.75, 3.05) is 6.54 Å². The first-order valence-corrected chi connectivity index (χ1v) is 18.0. The summed E-state index contributed by atoms with van der Waals surface area (Å²) in [6, 6.07) is 36.3. The van der Waals surface area contributed by atoms with Gasteiger partial charge in [0.15, 0.2) is 5.76 Å². The van der Waals surface area contributed by atoms with E-state index in [1.165, 1.54) is 28.7 Å². The number of hydrogen-bond acceptors (Lipinski definition) is 3. The van der Waals surface area contributed by atoms with Crippen LogP contribution in [0, 0.1) is 6.92 Å². The van der Waals surface area contributed by atoms with Gasteiger partial charge in [0, 0.05) is 31.8 Å². The number of furan rings is 1. The van der Waals surface area contributed by atoms with E-state index >= 15 is 0 Å². The largest absolute Gasteiger partial charge is 0.456 e. The first-order chi connectivity index (χ1) is 24.0. The Morgan fingerprint density at radius 3 is 2.00 bits per heavy atom. The van der Waals surface area contributed by atoms with Crippen LogP contribution in [0.5, 0.6) is 0 Å². The average molecular weight is 665 g/mol. The van der Waals surface area contributed by atoms with Crippen LogP contribution >= 0.6 is 0 Å². The molecule has 2 aliphatic rings. The van der Waals surface area contributed by atoms with E-state index < -0.39 is 6.04 Å². The van der Waals surface area contributed by atoms with Gasteiger partial charge in [0.1, 0.15) is 11.8 Å². The van der Waals surface area contributed by atoms with E-state index in [9.17, 15) is 9.59 Å². The quantitative estimate of drug-likeness (QED) is 0.180. The highest BCUT2D eigenvalue weighted by Crippen LogP contribution is 2.46. The molecule has 1 aliphatic carbocycles. The number of carbonyl (C=O) groups is 2. The molecule has 0 spiro atoms. The lowest BCUT2D eigenvalue weighted by atomic mass is 9.62. The molecule has 0 bridgehead atoms. The maximum absolute atomic E-state index is 14.2. The number of aryl methyl sites for hydroxylation is 1. The molecule has 2 heterocycles. The standard InChI is InChI=1S/C45H48N2O3/c1-30-24-38-39(45(4,5)23-22-44(38,2)3)26-35(30)25-36-20-21-41(50-36)43(49)47-29-34-19-13-12-18-33(34)27-40(47)42(48)46-28-37(31-14-8-6-9-15-31)32-16-10-7-11-17-32/h6-21,24,26,37,40H,22-23,25,27-29H2,1-5H3,(H,46,48). The van der Waals surface area contributed by atoms with Gasteiger partial charge >= 0.3 is 0 Å². The number of nitrogens with one attached hydrogen (secondary N) is 1. The van der Waals surface area contributed by atoms with Gasteiger partial charge in [-0.05, 0) is 87.2 Å². The minimum Gasteiger partial charge on any atom is -0.456 e. The summed E-state index contributed by atoms with van der Waals surface area (Å²) in [7, 11) is 0. The van der Waals surface area contributed by atoms with Gasteiger partial charge in [-0.1, -0.05) is 125 Å². The molecule has 4 aromatic carbocycles. The molecule has 1 unspecified atom stereocenters. The smallest absolute Gasteiger partial charge is 0.290 e. The van der Waals surface area contributed by atoms with Gasteiger partial charge < -0.3 is 14.6 Å². The Hall–Kier alpha value is -4.90. The van der Waals surface area contributed by atoms with Crippen molar-refractivity contribution in [3.05, 3.63) is 165 Å². The maximum Gasteiger partial charge on any atom is 0.290 e. The van der Waals surface area contributed by atoms with Crippen molar-refractivity contribution in [3.63, 3.8) is 0 Å². The molecule has 1 aliphatic heterocycles. The Labute approximate surface area is 296 Å². The molecular formula is C45H48N2O3. The molecule has 0 saturated heterocycles. The van der Waals surface area contributed by atoms with E-state index in [1.54, 1.807) is 11.0 Å². The highest BCUT2D eigenvalue weighted by Gasteiger charge is 2.38. The highest BCUT2D eigenvalue weighted by molar-refractivity contribution is 5.96. The van der Waals surface area contributed by atoms with Gasteiger partial charge in [-0.3, -0.25) is 9.59 Å². The second-order valence-corrected chi connectivity index (χ2v) is 15.6. The summed E-state index contributed by atoms with van der Waals surface area (Å²) in [5.74, 6) is 0.569. The molecule has 1 aromatic heterocycles. The SMILES string of the molecule is Cc1cc2c(cc1Cc1ccc(C(=O)N3Cc4ccccc4CC3C(=O)NCC(c3ccccc3)c3ccccc3)o1)C(C)(C)CCC2(C)C. The van der Waals surface area contributed by atoms with Crippen LogP contribution in [0.3, 0.4) is 0 Å². The van der Waals surface area contributed by atoms with Crippen molar-refractivity contribution in [3.8, 4) is 0 Å². The lowest BCUT2D eigenvalue weighted by molar-refractivity contribution is -0.126. The van der Waals surface area contributed by atoms with Crippen LogP contribution in [0.4, 0.5) is 0 Å². The van der Waals surface area contributed by atoms with E-state index in [2.05, 4.69) is 82.4 Å². The summed E-state index contributed by atoms with van der Waals surface area (Å²) in [4.78, 5) is 30.0. The summed E-state index contributed by atoms with van der Waals surface area (Å²) in [5.41, 5.74) is 9.99. The number of nitrogens with zero attached hydrogens (tertiary/aromatic N) is 1. The van der Waals surface area contributed by atoms with E-state index in [-0.39, 0.29) is 34.3 Å². The van der Waals surface area contributed by atoms with Gasteiger partial charge in [0.25, 0.3) is 5.91 Å². The van der Waals surface area contributed by atoms with Crippen molar-refractivity contribution >= 4 is 11.8 Å². The molecular weight excluding hydrogens is 617 g/mol. The Morgan fingerprint density at radius 1 is 0.780 bits per heavy atom. The molecule has 5 aromatic rings. The molecule has 5 heteroatoms. The molecule has 1 N–H and O–H groups in total. The lowest BCUT2D eigenvalue weighted by Crippen LogP contribution is -2.53. The molecule has 5 nitrogen and oxygen atoms in total. The van der Waals surface area contributed by atoms with E-state index in [1.807, 2.05) is 60.7 Å². The molecule has 0 fully saturated rings. The summed E-state index contributed by atoms with van der Waals surface area (Å²) in [6.07, 6.45) is 3.39. The Kier molecular flexibility index (Phi) is 9.02. The number of hydrogen-bond donors (Lipinski definition) is 1. The van der Waals surface area contributed by atoms with Gasteiger partial charge in [-0.2, -0.15) is 0 Å². The fraction of sp³-hybridized carbons (Fsp3) is 0.333. The van der Waals surface area contributed by atoms with E-state index in [0.29, 0.717) is 25.9 Å². The predicted octanol–water partition coefficient (Wildman–Crippen LogP) is 9.04. The van der Waals surface area contributed by atoms with Crippen LogP contribution in [0.15, 0.2) is 114 Å². The minimum atomic E-state index is -0.661. The second-order valence-electron chi connectivity index (χ2n) is 15.6. The zero-order valence-electron chi connectivity index (χ0n) is 30.0. The predicted molar refractivity (Wildman–Crippen MR) is 200 cm³/mol. The van der Waals surface area contributed by atoms with Crippen LogP contribution in [0.25, 0.3) is 0 Å². The molecule has 7 rings (SSSR count). The number of rotatable bonds is 8. The Morgan fingerprint density at radius 2 is 1.36 bits per heavy atom. The molecule has 1 atom stereocenters. The van der Waals surface area contributed by atoms with Crippen LogP contribution < -0.4 is 5.32 Å². The zero-order chi connectivity index (χ0) is 35.0.